The van der Waals surface area contributed by atoms with Gasteiger partial charge in [-0.05, 0) is 26.7 Å². The van der Waals surface area contributed by atoms with Gasteiger partial charge in [0.15, 0.2) is 11.7 Å². The van der Waals surface area contributed by atoms with Gasteiger partial charge in [0.2, 0.25) is 5.91 Å². The van der Waals surface area contributed by atoms with Crippen LogP contribution in [0.3, 0.4) is 0 Å². The maximum Gasteiger partial charge on any atom is 0.223 e. The second kappa shape index (κ2) is 6.34. The zero-order valence-corrected chi connectivity index (χ0v) is 13.2. The Kier molecular flexibility index (Phi) is 4.27. The van der Waals surface area contributed by atoms with Gasteiger partial charge in [0, 0.05) is 30.5 Å². The number of benzene rings is 1. The highest BCUT2D eigenvalue weighted by atomic mass is 16.4. The lowest BCUT2D eigenvalue weighted by Crippen LogP contribution is -2.38. The zero-order chi connectivity index (χ0) is 15.5. The first kappa shape index (κ1) is 14.8. The lowest BCUT2D eigenvalue weighted by atomic mass is 10.2. The molecular formula is C18H22N2O2. The molecule has 1 amide bonds. The molecule has 0 spiro atoms. The van der Waals surface area contributed by atoms with E-state index in [2.05, 4.69) is 18.8 Å². The molecule has 0 saturated heterocycles. The van der Waals surface area contributed by atoms with Crippen LogP contribution in [0.1, 0.15) is 39.0 Å². The molecule has 1 aliphatic rings. The number of hydrogen-bond donors (Lipinski definition) is 0. The van der Waals surface area contributed by atoms with Crippen molar-refractivity contribution in [2.75, 3.05) is 0 Å². The fraction of sp³-hybridized carbons (Fsp3) is 0.444. The van der Waals surface area contributed by atoms with Crippen LogP contribution < -0.4 is 0 Å². The van der Waals surface area contributed by atoms with Crippen LogP contribution in [0, 0.1) is 0 Å². The summed E-state index contributed by atoms with van der Waals surface area (Å²) in [4.78, 5) is 18.7. The van der Waals surface area contributed by atoms with Crippen LogP contribution in [-0.4, -0.2) is 27.9 Å². The summed E-state index contributed by atoms with van der Waals surface area (Å²) >= 11 is 0. The summed E-state index contributed by atoms with van der Waals surface area (Å²) < 4.78 is 5.75. The molecule has 1 fully saturated rings. The van der Waals surface area contributed by atoms with Crippen molar-refractivity contribution in [2.24, 2.45) is 0 Å². The minimum Gasteiger partial charge on any atom is -0.441 e. The first-order valence-electron chi connectivity index (χ1n) is 7.96. The summed E-state index contributed by atoms with van der Waals surface area (Å²) in [6, 6.07) is 10.6. The van der Waals surface area contributed by atoms with Crippen molar-refractivity contribution in [1.29, 1.82) is 0 Å². The SMILES string of the molecule is CC(C)N(C(=O)CCc1ncc(-c2ccccc2)o1)C1CC1. The van der Waals surface area contributed by atoms with Crippen molar-refractivity contribution >= 4 is 5.91 Å². The van der Waals surface area contributed by atoms with Crippen LogP contribution in [0.4, 0.5) is 0 Å². The van der Waals surface area contributed by atoms with Gasteiger partial charge in [-0.3, -0.25) is 4.79 Å². The maximum atomic E-state index is 12.4. The van der Waals surface area contributed by atoms with Crippen LogP contribution >= 0.6 is 0 Å². The molecule has 0 atom stereocenters. The maximum absolute atomic E-state index is 12.4. The van der Waals surface area contributed by atoms with Crippen LogP contribution in [0.15, 0.2) is 40.9 Å². The van der Waals surface area contributed by atoms with E-state index in [1.165, 1.54) is 0 Å². The Hall–Kier alpha value is -2.10. The molecule has 1 saturated carbocycles. The van der Waals surface area contributed by atoms with E-state index >= 15 is 0 Å². The monoisotopic (exact) mass is 298 g/mol. The Labute approximate surface area is 131 Å². The Morgan fingerprint density at radius 3 is 2.68 bits per heavy atom. The van der Waals surface area contributed by atoms with E-state index in [0.29, 0.717) is 24.8 Å². The average molecular weight is 298 g/mol. The highest BCUT2D eigenvalue weighted by Gasteiger charge is 2.33. The zero-order valence-electron chi connectivity index (χ0n) is 13.2. The highest BCUT2D eigenvalue weighted by molar-refractivity contribution is 5.77. The quantitative estimate of drug-likeness (QED) is 0.817. The molecule has 1 aromatic carbocycles. The summed E-state index contributed by atoms with van der Waals surface area (Å²) in [6.45, 7) is 4.16. The van der Waals surface area contributed by atoms with Gasteiger partial charge < -0.3 is 9.32 Å². The van der Waals surface area contributed by atoms with Crippen molar-refractivity contribution in [2.45, 2.75) is 51.6 Å². The number of hydrogen-bond acceptors (Lipinski definition) is 3. The first-order chi connectivity index (χ1) is 10.6. The molecule has 4 nitrogen and oxygen atoms in total. The number of aryl methyl sites for hydroxylation is 1. The fourth-order valence-corrected chi connectivity index (χ4v) is 2.77. The van der Waals surface area contributed by atoms with Gasteiger partial charge in [-0.1, -0.05) is 30.3 Å². The second-order valence-electron chi connectivity index (χ2n) is 6.11. The van der Waals surface area contributed by atoms with Gasteiger partial charge in [-0.15, -0.1) is 0 Å². The van der Waals surface area contributed by atoms with Crippen LogP contribution in [0.5, 0.6) is 0 Å². The van der Waals surface area contributed by atoms with Gasteiger partial charge in [-0.2, -0.15) is 0 Å². The van der Waals surface area contributed by atoms with Crippen molar-refractivity contribution < 1.29 is 9.21 Å². The van der Waals surface area contributed by atoms with E-state index in [1.54, 1.807) is 6.20 Å². The smallest absolute Gasteiger partial charge is 0.223 e. The highest BCUT2D eigenvalue weighted by Crippen LogP contribution is 2.29. The summed E-state index contributed by atoms with van der Waals surface area (Å²) in [7, 11) is 0. The summed E-state index contributed by atoms with van der Waals surface area (Å²) in [5.74, 6) is 1.59. The molecule has 0 bridgehead atoms. The number of rotatable bonds is 6. The molecule has 1 aromatic heterocycles. The van der Waals surface area contributed by atoms with Gasteiger partial charge >= 0.3 is 0 Å². The molecule has 22 heavy (non-hydrogen) atoms. The first-order valence-corrected chi connectivity index (χ1v) is 7.96. The third-order valence-electron chi connectivity index (χ3n) is 3.95. The number of carbonyl (C=O) groups excluding carboxylic acids is 1. The van der Waals surface area contributed by atoms with Crippen molar-refractivity contribution in [3.05, 3.63) is 42.4 Å². The molecule has 0 N–H and O–H groups in total. The molecule has 1 aliphatic carbocycles. The van der Waals surface area contributed by atoms with E-state index in [4.69, 9.17) is 4.42 Å². The van der Waals surface area contributed by atoms with Crippen molar-refractivity contribution in [3.8, 4) is 11.3 Å². The molecule has 1 heterocycles. The Bertz CT molecular complexity index is 628. The molecule has 0 unspecified atom stereocenters. The third-order valence-corrected chi connectivity index (χ3v) is 3.95. The molecule has 4 heteroatoms. The molecule has 2 aromatic rings. The molecule has 3 rings (SSSR count). The number of amides is 1. The Balaban J connectivity index is 1.60. The number of oxazole rings is 1. The lowest BCUT2D eigenvalue weighted by Gasteiger charge is -2.26. The van der Waals surface area contributed by atoms with Gasteiger partial charge in [-0.25, -0.2) is 4.98 Å². The van der Waals surface area contributed by atoms with Gasteiger partial charge in [0.25, 0.3) is 0 Å². The standard InChI is InChI=1S/C18H22N2O2/c1-13(2)20(15-8-9-15)18(21)11-10-17-19-12-16(22-17)14-6-4-3-5-7-14/h3-7,12-13,15H,8-11H2,1-2H3. The lowest BCUT2D eigenvalue weighted by molar-refractivity contribution is -0.133. The van der Waals surface area contributed by atoms with E-state index in [0.717, 1.165) is 24.2 Å². The van der Waals surface area contributed by atoms with E-state index < -0.39 is 0 Å². The van der Waals surface area contributed by atoms with Crippen LogP contribution in [0.25, 0.3) is 11.3 Å². The second-order valence-corrected chi connectivity index (χ2v) is 6.11. The van der Waals surface area contributed by atoms with Crippen molar-refractivity contribution in [1.82, 2.24) is 9.88 Å². The number of carbonyl (C=O) groups is 1. The van der Waals surface area contributed by atoms with Crippen LogP contribution in [0.2, 0.25) is 0 Å². The number of aromatic nitrogens is 1. The normalized spacial score (nSPS) is 14.3. The minimum atomic E-state index is 0.206. The van der Waals surface area contributed by atoms with Gasteiger partial charge in [0.05, 0.1) is 6.20 Å². The largest absolute Gasteiger partial charge is 0.441 e. The fourth-order valence-electron chi connectivity index (χ4n) is 2.77. The average Bonchev–Trinajstić information content (AvgIpc) is 3.22. The minimum absolute atomic E-state index is 0.206. The molecular weight excluding hydrogens is 276 g/mol. The van der Waals surface area contributed by atoms with E-state index in [1.807, 2.05) is 35.2 Å². The third kappa shape index (κ3) is 3.38. The molecule has 0 aliphatic heterocycles. The summed E-state index contributed by atoms with van der Waals surface area (Å²) in [5.41, 5.74) is 1.01. The van der Waals surface area contributed by atoms with Gasteiger partial charge in [0.1, 0.15) is 0 Å². The summed E-state index contributed by atoms with van der Waals surface area (Å²) in [6.07, 6.45) is 5.03. The topological polar surface area (TPSA) is 46.3 Å². The Morgan fingerprint density at radius 2 is 2.05 bits per heavy atom. The Morgan fingerprint density at radius 1 is 1.32 bits per heavy atom. The van der Waals surface area contributed by atoms with E-state index in [-0.39, 0.29) is 11.9 Å². The molecule has 0 radical (unpaired) electrons. The predicted molar refractivity (Wildman–Crippen MR) is 85.3 cm³/mol. The number of nitrogens with zero attached hydrogens (tertiary/aromatic N) is 2. The van der Waals surface area contributed by atoms with Crippen molar-refractivity contribution in [3.63, 3.8) is 0 Å². The molecule has 116 valence electrons. The van der Waals surface area contributed by atoms with Crippen LogP contribution in [-0.2, 0) is 11.2 Å². The van der Waals surface area contributed by atoms with E-state index in [9.17, 15) is 4.79 Å². The predicted octanol–water partition coefficient (Wildman–Crippen LogP) is 3.67. The summed E-state index contributed by atoms with van der Waals surface area (Å²) in [5, 5.41) is 0.